The van der Waals surface area contributed by atoms with Gasteiger partial charge in [0.2, 0.25) is 5.82 Å². The lowest BCUT2D eigenvalue weighted by Crippen LogP contribution is -2.12. The molecular weight excluding hydrogens is 381 g/mol. The van der Waals surface area contributed by atoms with E-state index in [2.05, 4.69) is 14.9 Å². The molecule has 3 aromatic carbocycles. The lowest BCUT2D eigenvalue weighted by Gasteiger charge is -2.08. The minimum absolute atomic E-state index is 0.0244. The summed E-state index contributed by atoms with van der Waals surface area (Å²) in [4.78, 5) is 4.33. The molecular formula is C20H14FN3O3S. The van der Waals surface area contributed by atoms with Gasteiger partial charge in [-0.15, -0.1) is 0 Å². The summed E-state index contributed by atoms with van der Waals surface area (Å²) in [6, 6.07) is 20.5. The van der Waals surface area contributed by atoms with E-state index in [0.717, 1.165) is 17.7 Å². The van der Waals surface area contributed by atoms with Crippen LogP contribution in [0.4, 0.5) is 10.1 Å². The van der Waals surface area contributed by atoms with E-state index >= 15 is 0 Å². The van der Waals surface area contributed by atoms with Crippen LogP contribution in [0.5, 0.6) is 0 Å². The second-order valence-electron chi connectivity index (χ2n) is 5.93. The van der Waals surface area contributed by atoms with Crippen LogP contribution in [0, 0.1) is 5.82 Å². The van der Waals surface area contributed by atoms with E-state index in [1.54, 1.807) is 24.3 Å². The van der Waals surface area contributed by atoms with Crippen LogP contribution in [0.2, 0.25) is 0 Å². The summed E-state index contributed by atoms with van der Waals surface area (Å²) in [6.45, 7) is 0. The van der Waals surface area contributed by atoms with Crippen molar-refractivity contribution in [3.05, 3.63) is 84.7 Å². The highest BCUT2D eigenvalue weighted by atomic mass is 32.2. The smallest absolute Gasteiger partial charge is 0.261 e. The number of nitrogens with zero attached hydrogens (tertiary/aromatic N) is 2. The Labute approximate surface area is 160 Å². The molecule has 0 bridgehead atoms. The molecule has 0 aliphatic carbocycles. The zero-order valence-corrected chi connectivity index (χ0v) is 15.2. The molecule has 8 heteroatoms. The van der Waals surface area contributed by atoms with Gasteiger partial charge in [-0.25, -0.2) is 12.8 Å². The molecule has 1 aromatic heterocycles. The van der Waals surface area contributed by atoms with Gasteiger partial charge < -0.3 is 4.52 Å². The van der Waals surface area contributed by atoms with Crippen LogP contribution in [0.15, 0.2) is 88.3 Å². The van der Waals surface area contributed by atoms with Crippen LogP contribution in [-0.2, 0) is 10.0 Å². The minimum atomic E-state index is -3.81. The molecule has 0 unspecified atom stereocenters. The van der Waals surface area contributed by atoms with Crippen LogP contribution in [0.25, 0.3) is 22.8 Å². The van der Waals surface area contributed by atoms with Gasteiger partial charge in [-0.3, -0.25) is 4.72 Å². The second kappa shape index (κ2) is 7.24. The SMILES string of the molecule is O=S(=O)(Nc1ccc(-c2noc(-c3ccccc3)n2)cc1)c1ccc(F)cc1. The number of hydrogen-bond donors (Lipinski definition) is 1. The number of aromatic nitrogens is 2. The van der Waals surface area contributed by atoms with Crippen molar-refractivity contribution >= 4 is 15.7 Å². The van der Waals surface area contributed by atoms with Gasteiger partial charge in [0, 0.05) is 16.8 Å². The zero-order valence-electron chi connectivity index (χ0n) is 14.4. The second-order valence-corrected chi connectivity index (χ2v) is 7.61. The van der Waals surface area contributed by atoms with E-state index in [1.807, 2.05) is 30.3 Å². The summed E-state index contributed by atoms with van der Waals surface area (Å²) in [6.07, 6.45) is 0. The number of hydrogen-bond acceptors (Lipinski definition) is 5. The fourth-order valence-corrected chi connectivity index (χ4v) is 3.61. The van der Waals surface area contributed by atoms with Gasteiger partial charge in [0.25, 0.3) is 15.9 Å². The first-order chi connectivity index (χ1) is 13.5. The molecule has 0 spiro atoms. The molecule has 1 heterocycles. The lowest BCUT2D eigenvalue weighted by molar-refractivity contribution is 0.432. The standard InChI is InChI=1S/C20H14FN3O3S/c21-16-8-12-18(13-9-16)28(25,26)24-17-10-6-14(7-11-17)19-22-20(27-23-19)15-4-2-1-3-5-15/h1-13,24H. The summed E-state index contributed by atoms with van der Waals surface area (Å²) in [5.41, 5.74) is 1.85. The molecule has 1 N–H and O–H groups in total. The summed E-state index contributed by atoms with van der Waals surface area (Å²) in [7, 11) is -3.81. The topological polar surface area (TPSA) is 85.1 Å². The fraction of sp³-hybridized carbons (Fsp3) is 0. The Balaban J connectivity index is 1.53. The van der Waals surface area contributed by atoms with Crippen LogP contribution >= 0.6 is 0 Å². The van der Waals surface area contributed by atoms with Gasteiger partial charge in [0.1, 0.15) is 5.82 Å². The van der Waals surface area contributed by atoms with Gasteiger partial charge in [-0.2, -0.15) is 4.98 Å². The third kappa shape index (κ3) is 3.77. The highest BCUT2D eigenvalue weighted by Gasteiger charge is 2.15. The van der Waals surface area contributed by atoms with Crippen molar-refractivity contribution in [1.82, 2.24) is 10.1 Å². The first-order valence-electron chi connectivity index (χ1n) is 8.29. The van der Waals surface area contributed by atoms with Crippen LogP contribution in [0.1, 0.15) is 0 Å². The first-order valence-corrected chi connectivity index (χ1v) is 9.77. The van der Waals surface area contributed by atoms with Crippen molar-refractivity contribution in [1.29, 1.82) is 0 Å². The van der Waals surface area contributed by atoms with E-state index in [4.69, 9.17) is 4.52 Å². The maximum Gasteiger partial charge on any atom is 0.261 e. The van der Waals surface area contributed by atoms with Crippen molar-refractivity contribution in [2.24, 2.45) is 0 Å². The molecule has 28 heavy (non-hydrogen) atoms. The Morgan fingerprint density at radius 1 is 0.821 bits per heavy atom. The van der Waals surface area contributed by atoms with Gasteiger partial charge in [0.05, 0.1) is 4.90 Å². The minimum Gasteiger partial charge on any atom is -0.334 e. The third-order valence-electron chi connectivity index (χ3n) is 3.97. The Hall–Kier alpha value is -3.52. The van der Waals surface area contributed by atoms with Gasteiger partial charge >= 0.3 is 0 Å². The lowest BCUT2D eigenvalue weighted by atomic mass is 10.2. The molecule has 4 aromatic rings. The molecule has 4 rings (SSSR count). The number of sulfonamides is 1. The fourth-order valence-electron chi connectivity index (χ4n) is 2.55. The normalized spacial score (nSPS) is 11.3. The average Bonchev–Trinajstić information content (AvgIpc) is 3.19. The molecule has 0 fully saturated rings. The third-order valence-corrected chi connectivity index (χ3v) is 5.36. The van der Waals surface area contributed by atoms with Crippen molar-refractivity contribution < 1.29 is 17.3 Å². The summed E-state index contributed by atoms with van der Waals surface area (Å²) >= 11 is 0. The number of anilines is 1. The van der Waals surface area contributed by atoms with Gasteiger partial charge in [0.15, 0.2) is 0 Å². The van der Waals surface area contributed by atoms with Gasteiger partial charge in [-0.05, 0) is 60.7 Å². The van der Waals surface area contributed by atoms with E-state index < -0.39 is 15.8 Å². The molecule has 140 valence electrons. The van der Waals surface area contributed by atoms with E-state index in [0.29, 0.717) is 23.0 Å². The maximum absolute atomic E-state index is 13.0. The Bertz CT molecular complexity index is 1190. The predicted octanol–water partition coefficient (Wildman–Crippen LogP) is 4.34. The highest BCUT2D eigenvalue weighted by Crippen LogP contribution is 2.24. The number of nitrogens with one attached hydrogen (secondary N) is 1. The Kier molecular flexibility index (Phi) is 4.62. The molecule has 0 aliphatic rings. The maximum atomic E-state index is 13.0. The van der Waals surface area contributed by atoms with Crippen LogP contribution in [0.3, 0.4) is 0 Å². The van der Waals surface area contributed by atoms with E-state index in [9.17, 15) is 12.8 Å². The molecule has 6 nitrogen and oxygen atoms in total. The quantitative estimate of drug-likeness (QED) is 0.543. The van der Waals surface area contributed by atoms with Crippen molar-refractivity contribution in [2.75, 3.05) is 4.72 Å². The zero-order chi connectivity index (χ0) is 19.6. The molecule has 0 amide bonds. The number of rotatable bonds is 5. The molecule has 0 radical (unpaired) electrons. The average molecular weight is 395 g/mol. The Morgan fingerprint density at radius 2 is 1.50 bits per heavy atom. The molecule has 0 saturated heterocycles. The Morgan fingerprint density at radius 3 is 2.18 bits per heavy atom. The summed E-state index contributed by atoms with van der Waals surface area (Å²) in [5.74, 6) is 0.293. The van der Waals surface area contributed by atoms with Crippen LogP contribution in [-0.4, -0.2) is 18.6 Å². The molecule has 0 aliphatic heterocycles. The summed E-state index contributed by atoms with van der Waals surface area (Å²) in [5, 5.41) is 3.96. The van der Waals surface area contributed by atoms with Crippen molar-refractivity contribution in [2.45, 2.75) is 4.90 Å². The van der Waals surface area contributed by atoms with Crippen molar-refractivity contribution in [3.63, 3.8) is 0 Å². The molecule has 0 saturated carbocycles. The van der Waals surface area contributed by atoms with E-state index in [1.165, 1.54) is 12.1 Å². The van der Waals surface area contributed by atoms with Crippen LogP contribution < -0.4 is 4.72 Å². The number of benzene rings is 3. The van der Waals surface area contributed by atoms with Crippen molar-refractivity contribution in [3.8, 4) is 22.8 Å². The summed E-state index contributed by atoms with van der Waals surface area (Å²) < 4.78 is 45.4. The highest BCUT2D eigenvalue weighted by molar-refractivity contribution is 7.92. The first kappa shape index (κ1) is 17.9. The van der Waals surface area contributed by atoms with Gasteiger partial charge in [-0.1, -0.05) is 23.4 Å². The molecule has 0 atom stereocenters. The van der Waals surface area contributed by atoms with E-state index in [-0.39, 0.29) is 4.90 Å². The monoisotopic (exact) mass is 395 g/mol. The number of halogens is 1. The predicted molar refractivity (Wildman–Crippen MR) is 102 cm³/mol. The largest absolute Gasteiger partial charge is 0.334 e.